The van der Waals surface area contributed by atoms with E-state index in [0.29, 0.717) is 24.7 Å². The molecule has 1 fully saturated rings. The Morgan fingerprint density at radius 3 is 2.82 bits per heavy atom. The van der Waals surface area contributed by atoms with Crippen molar-refractivity contribution in [2.75, 3.05) is 13.1 Å². The van der Waals surface area contributed by atoms with Gasteiger partial charge in [0.05, 0.1) is 12.3 Å². The van der Waals surface area contributed by atoms with Gasteiger partial charge < -0.3 is 19.0 Å². The second kappa shape index (κ2) is 8.33. The highest BCUT2D eigenvalue weighted by molar-refractivity contribution is 6.16. The van der Waals surface area contributed by atoms with Crippen molar-refractivity contribution in [3.8, 4) is 0 Å². The van der Waals surface area contributed by atoms with E-state index in [-0.39, 0.29) is 17.6 Å². The van der Waals surface area contributed by atoms with Crippen molar-refractivity contribution in [2.45, 2.75) is 25.3 Å². The summed E-state index contributed by atoms with van der Waals surface area (Å²) in [5, 5.41) is 2.04. The van der Waals surface area contributed by atoms with Crippen LogP contribution in [0.3, 0.4) is 0 Å². The van der Waals surface area contributed by atoms with Crippen molar-refractivity contribution in [1.82, 2.24) is 9.80 Å². The van der Waals surface area contributed by atoms with Crippen molar-refractivity contribution in [3.63, 3.8) is 0 Å². The second-order valence-electron chi connectivity index (χ2n) is 8.59. The van der Waals surface area contributed by atoms with E-state index in [4.69, 9.17) is 9.15 Å². The molecule has 2 aliphatic heterocycles. The molecule has 0 radical (unpaired) electrons. The van der Waals surface area contributed by atoms with Gasteiger partial charge in [-0.3, -0.25) is 4.79 Å². The first-order valence-electron chi connectivity index (χ1n) is 11.5. The molecule has 34 heavy (non-hydrogen) atoms. The zero-order valence-corrected chi connectivity index (χ0v) is 18.5. The molecule has 1 aromatic heterocycles. The fourth-order valence-electron chi connectivity index (χ4n) is 4.97. The number of furan rings is 1. The van der Waals surface area contributed by atoms with E-state index in [9.17, 15) is 9.59 Å². The standard InChI is InChI=1S/C27H23N3O4/c31-26(24-13-6-16-33-24)30-15-14-29(22-11-3-4-12-23(22)30)17-21-27(32)34-25(28-21)20-10-5-8-18-7-1-2-9-19(18)20/h1-2,5-11,13,16-17,23H,3-4,12,14-15H2. The summed E-state index contributed by atoms with van der Waals surface area (Å²) >= 11 is 0. The van der Waals surface area contributed by atoms with Gasteiger partial charge in [-0.05, 0) is 48.2 Å². The Bertz CT molecular complexity index is 1360. The molecule has 0 spiro atoms. The summed E-state index contributed by atoms with van der Waals surface area (Å²) in [5.74, 6) is 0.0888. The second-order valence-corrected chi connectivity index (χ2v) is 8.59. The van der Waals surface area contributed by atoms with Gasteiger partial charge in [0.2, 0.25) is 5.90 Å². The van der Waals surface area contributed by atoms with E-state index in [1.165, 1.54) is 6.26 Å². The van der Waals surface area contributed by atoms with Crippen LogP contribution in [0.1, 0.15) is 35.4 Å². The number of nitrogens with zero attached hydrogens (tertiary/aromatic N) is 3. The number of esters is 1. The molecule has 3 heterocycles. The average molecular weight is 453 g/mol. The summed E-state index contributed by atoms with van der Waals surface area (Å²) in [5.41, 5.74) is 2.07. The highest BCUT2D eigenvalue weighted by atomic mass is 16.6. The van der Waals surface area contributed by atoms with E-state index < -0.39 is 5.97 Å². The van der Waals surface area contributed by atoms with Gasteiger partial charge in [-0.25, -0.2) is 9.79 Å². The molecule has 2 aromatic carbocycles. The Balaban J connectivity index is 1.30. The Kier molecular flexibility index (Phi) is 5.02. The molecular weight excluding hydrogens is 430 g/mol. The number of hydrogen-bond acceptors (Lipinski definition) is 6. The van der Waals surface area contributed by atoms with Crippen LogP contribution >= 0.6 is 0 Å². The minimum absolute atomic E-state index is 0.0594. The summed E-state index contributed by atoms with van der Waals surface area (Å²) in [6, 6.07) is 17.2. The lowest BCUT2D eigenvalue weighted by atomic mass is 9.94. The Morgan fingerprint density at radius 2 is 1.94 bits per heavy atom. The van der Waals surface area contributed by atoms with E-state index in [2.05, 4.69) is 11.1 Å². The normalized spacial score (nSPS) is 21.4. The molecule has 0 N–H and O–H groups in total. The minimum Gasteiger partial charge on any atom is -0.459 e. The number of benzene rings is 2. The molecule has 1 atom stereocenters. The lowest BCUT2D eigenvalue weighted by molar-refractivity contribution is -0.130. The van der Waals surface area contributed by atoms with Gasteiger partial charge in [-0.2, -0.15) is 0 Å². The van der Waals surface area contributed by atoms with E-state index in [1.807, 2.05) is 52.3 Å². The first kappa shape index (κ1) is 20.5. The minimum atomic E-state index is -0.468. The van der Waals surface area contributed by atoms with Crippen molar-refractivity contribution in [1.29, 1.82) is 0 Å². The van der Waals surface area contributed by atoms with Gasteiger partial charge >= 0.3 is 5.97 Å². The summed E-state index contributed by atoms with van der Waals surface area (Å²) in [6.07, 6.45) is 8.24. The van der Waals surface area contributed by atoms with Gasteiger partial charge in [0, 0.05) is 30.5 Å². The Morgan fingerprint density at radius 1 is 1.06 bits per heavy atom. The number of carbonyl (C=O) groups excluding carboxylic acids is 2. The molecule has 0 saturated carbocycles. The quantitative estimate of drug-likeness (QED) is 0.432. The maximum absolute atomic E-state index is 13.0. The lowest BCUT2D eigenvalue weighted by Crippen LogP contribution is -2.53. The molecule has 3 aromatic rings. The predicted molar refractivity (Wildman–Crippen MR) is 127 cm³/mol. The molecular formula is C27H23N3O4. The number of fused-ring (bicyclic) bond motifs is 2. The van der Waals surface area contributed by atoms with E-state index in [1.54, 1.807) is 18.3 Å². The maximum Gasteiger partial charge on any atom is 0.365 e. The van der Waals surface area contributed by atoms with Crippen LogP contribution in [-0.4, -0.2) is 46.7 Å². The smallest absolute Gasteiger partial charge is 0.365 e. The highest BCUT2D eigenvalue weighted by Crippen LogP contribution is 2.32. The topological polar surface area (TPSA) is 75.3 Å². The number of ether oxygens (including phenoxy) is 1. The molecule has 7 heteroatoms. The number of rotatable bonds is 3. The van der Waals surface area contributed by atoms with Crippen LogP contribution in [0, 0.1) is 0 Å². The third-order valence-electron chi connectivity index (χ3n) is 6.58. The molecule has 1 saturated heterocycles. The van der Waals surface area contributed by atoms with E-state index >= 15 is 0 Å². The molecule has 1 amide bonds. The monoisotopic (exact) mass is 453 g/mol. The summed E-state index contributed by atoms with van der Waals surface area (Å²) in [7, 11) is 0. The third-order valence-corrected chi connectivity index (χ3v) is 6.58. The van der Waals surface area contributed by atoms with Crippen molar-refractivity contribution < 1.29 is 18.7 Å². The summed E-state index contributed by atoms with van der Waals surface area (Å²) in [4.78, 5) is 34.2. The van der Waals surface area contributed by atoms with E-state index in [0.717, 1.165) is 41.3 Å². The molecule has 3 aliphatic rings. The van der Waals surface area contributed by atoms with Crippen molar-refractivity contribution in [3.05, 3.63) is 95.9 Å². The maximum atomic E-state index is 13.0. The molecule has 0 bridgehead atoms. The zero-order valence-electron chi connectivity index (χ0n) is 18.5. The zero-order chi connectivity index (χ0) is 23.1. The number of amides is 1. The van der Waals surface area contributed by atoms with Crippen LogP contribution in [0.5, 0.6) is 0 Å². The van der Waals surface area contributed by atoms with Crippen LogP contribution in [0.25, 0.3) is 10.8 Å². The Hall–Kier alpha value is -4.13. The highest BCUT2D eigenvalue weighted by Gasteiger charge is 2.37. The van der Waals surface area contributed by atoms with Gasteiger partial charge in [0.15, 0.2) is 11.5 Å². The fraction of sp³-hybridized carbons (Fsp3) is 0.222. The van der Waals surface area contributed by atoms with Crippen LogP contribution in [0.4, 0.5) is 0 Å². The molecule has 6 rings (SSSR count). The molecule has 170 valence electrons. The number of piperazine rings is 1. The van der Waals surface area contributed by atoms with Crippen LogP contribution < -0.4 is 0 Å². The lowest BCUT2D eigenvalue weighted by Gasteiger charge is -2.44. The van der Waals surface area contributed by atoms with Crippen LogP contribution in [-0.2, 0) is 9.53 Å². The summed E-state index contributed by atoms with van der Waals surface area (Å²) < 4.78 is 10.9. The summed E-state index contributed by atoms with van der Waals surface area (Å²) in [6.45, 7) is 1.09. The van der Waals surface area contributed by atoms with Crippen LogP contribution in [0.2, 0.25) is 0 Å². The number of allylic oxidation sites excluding steroid dienone is 1. The largest absolute Gasteiger partial charge is 0.459 e. The van der Waals surface area contributed by atoms with Crippen LogP contribution in [0.15, 0.2) is 93.9 Å². The molecule has 1 unspecified atom stereocenters. The number of cyclic esters (lactones) is 1. The first-order chi connectivity index (χ1) is 16.7. The first-order valence-corrected chi connectivity index (χ1v) is 11.5. The SMILES string of the molecule is O=C1OC(c2cccc3ccccc23)=NC1=CN1CCN(C(=O)c2ccco2)C2CCCC=C21. The van der Waals surface area contributed by atoms with Gasteiger partial charge in [0.1, 0.15) is 0 Å². The number of carbonyl (C=O) groups is 2. The number of hydrogen-bond donors (Lipinski definition) is 0. The molecule has 1 aliphatic carbocycles. The molecule has 7 nitrogen and oxygen atoms in total. The van der Waals surface area contributed by atoms with Gasteiger partial charge in [0.25, 0.3) is 5.91 Å². The van der Waals surface area contributed by atoms with Crippen molar-refractivity contribution in [2.24, 2.45) is 4.99 Å². The predicted octanol–water partition coefficient (Wildman–Crippen LogP) is 4.47. The fourth-order valence-corrected chi connectivity index (χ4v) is 4.97. The third kappa shape index (κ3) is 3.50. The van der Waals surface area contributed by atoms with Gasteiger partial charge in [-0.1, -0.05) is 42.5 Å². The van der Waals surface area contributed by atoms with Gasteiger partial charge in [-0.15, -0.1) is 0 Å². The average Bonchev–Trinajstić information content (AvgIpc) is 3.54. The number of aliphatic imine (C=N–C) groups is 1. The Labute approximate surface area is 196 Å². The van der Waals surface area contributed by atoms with Crippen molar-refractivity contribution >= 4 is 28.5 Å².